The van der Waals surface area contributed by atoms with Crippen molar-refractivity contribution in [1.29, 1.82) is 0 Å². The first kappa shape index (κ1) is 15.9. The maximum atomic E-state index is 12.6. The summed E-state index contributed by atoms with van der Waals surface area (Å²) in [5, 5.41) is 5.36. The van der Waals surface area contributed by atoms with Crippen LogP contribution >= 0.6 is 0 Å². The van der Waals surface area contributed by atoms with E-state index in [9.17, 15) is 9.59 Å². The maximum absolute atomic E-state index is 12.6. The molecule has 26 heavy (non-hydrogen) atoms. The van der Waals surface area contributed by atoms with Gasteiger partial charge in [0, 0.05) is 17.1 Å². The van der Waals surface area contributed by atoms with Gasteiger partial charge < -0.3 is 14.5 Å². The van der Waals surface area contributed by atoms with Crippen molar-refractivity contribution in [2.45, 2.75) is 0 Å². The van der Waals surface area contributed by atoms with E-state index in [4.69, 9.17) is 9.15 Å². The van der Waals surface area contributed by atoms with E-state index in [-0.39, 0.29) is 5.56 Å². The summed E-state index contributed by atoms with van der Waals surface area (Å²) in [4.78, 5) is 24.9. The molecular weight excluding hydrogens is 330 g/mol. The Balaban J connectivity index is 1.80. The van der Waals surface area contributed by atoms with Crippen molar-refractivity contribution in [3.63, 3.8) is 0 Å². The smallest absolute Gasteiger partial charge is 0.349 e. The normalized spacial score (nSPS) is 10.8. The van der Waals surface area contributed by atoms with Crippen LogP contribution in [0, 0.1) is 0 Å². The highest BCUT2D eigenvalue weighted by molar-refractivity contribution is 6.10. The molecule has 0 unspecified atom stereocenters. The standard InChI is InChI=1S/C21H15NO4/c1-25-15-7-4-6-14(11-15)22-20(23)18-12-17-16-8-3-2-5-13(16)9-10-19(17)26-21(18)24/h2-12H,1H3,(H,22,23). The Labute approximate surface area is 148 Å². The second-order valence-corrected chi connectivity index (χ2v) is 5.83. The average molecular weight is 345 g/mol. The highest BCUT2D eigenvalue weighted by atomic mass is 16.5. The molecule has 4 aromatic rings. The van der Waals surface area contributed by atoms with E-state index >= 15 is 0 Å². The molecule has 4 rings (SSSR count). The van der Waals surface area contributed by atoms with Gasteiger partial charge in [-0.2, -0.15) is 0 Å². The highest BCUT2D eigenvalue weighted by Gasteiger charge is 2.15. The number of methoxy groups -OCH3 is 1. The van der Waals surface area contributed by atoms with Crippen molar-refractivity contribution < 1.29 is 13.9 Å². The number of fused-ring (bicyclic) bond motifs is 3. The number of hydrogen-bond donors (Lipinski definition) is 1. The number of ether oxygens (including phenoxy) is 1. The van der Waals surface area contributed by atoms with Gasteiger partial charge in [-0.15, -0.1) is 0 Å². The lowest BCUT2D eigenvalue weighted by molar-refractivity contribution is 0.102. The number of carbonyl (C=O) groups excluding carboxylic acids is 1. The van der Waals surface area contributed by atoms with Crippen LogP contribution in [0.25, 0.3) is 21.7 Å². The van der Waals surface area contributed by atoms with E-state index in [0.29, 0.717) is 17.0 Å². The third-order valence-electron chi connectivity index (χ3n) is 4.21. The van der Waals surface area contributed by atoms with E-state index in [1.165, 1.54) is 0 Å². The maximum Gasteiger partial charge on any atom is 0.349 e. The van der Waals surface area contributed by atoms with Gasteiger partial charge in [-0.3, -0.25) is 4.79 Å². The topological polar surface area (TPSA) is 68.5 Å². The second kappa shape index (κ2) is 6.37. The zero-order valence-corrected chi connectivity index (χ0v) is 14.0. The Kier molecular flexibility index (Phi) is 3.89. The number of carbonyl (C=O) groups is 1. The molecule has 0 aliphatic rings. The first-order chi connectivity index (χ1) is 12.7. The molecule has 1 N–H and O–H groups in total. The number of benzene rings is 3. The Bertz CT molecular complexity index is 1190. The molecule has 0 atom stereocenters. The SMILES string of the molecule is COc1cccc(NC(=O)c2cc3c(ccc4ccccc43)oc2=O)c1. The van der Waals surface area contributed by atoms with Crippen molar-refractivity contribution in [1.82, 2.24) is 0 Å². The Morgan fingerprint density at radius 2 is 1.81 bits per heavy atom. The fourth-order valence-electron chi connectivity index (χ4n) is 2.93. The van der Waals surface area contributed by atoms with Crippen molar-refractivity contribution >= 4 is 33.3 Å². The molecule has 0 saturated heterocycles. The quantitative estimate of drug-likeness (QED) is 0.446. The van der Waals surface area contributed by atoms with E-state index in [0.717, 1.165) is 16.2 Å². The van der Waals surface area contributed by atoms with E-state index in [1.807, 2.05) is 30.3 Å². The predicted molar refractivity (Wildman–Crippen MR) is 101 cm³/mol. The Morgan fingerprint density at radius 1 is 0.962 bits per heavy atom. The molecule has 0 saturated carbocycles. The average Bonchev–Trinajstić information content (AvgIpc) is 2.67. The zero-order valence-electron chi connectivity index (χ0n) is 14.0. The minimum Gasteiger partial charge on any atom is -0.497 e. The summed E-state index contributed by atoms with van der Waals surface area (Å²) in [6, 6.07) is 19.9. The predicted octanol–water partition coefficient (Wildman–Crippen LogP) is 4.21. The van der Waals surface area contributed by atoms with Crippen molar-refractivity contribution in [3.8, 4) is 5.75 Å². The molecule has 5 heteroatoms. The van der Waals surface area contributed by atoms with Gasteiger partial charge in [-0.05, 0) is 35.0 Å². The highest BCUT2D eigenvalue weighted by Crippen LogP contribution is 2.25. The third kappa shape index (κ3) is 2.80. The summed E-state index contributed by atoms with van der Waals surface area (Å²) in [6.45, 7) is 0. The summed E-state index contributed by atoms with van der Waals surface area (Å²) in [7, 11) is 1.55. The first-order valence-corrected chi connectivity index (χ1v) is 8.07. The monoisotopic (exact) mass is 345 g/mol. The van der Waals surface area contributed by atoms with Gasteiger partial charge in [0.25, 0.3) is 5.91 Å². The molecule has 0 aliphatic carbocycles. The lowest BCUT2D eigenvalue weighted by atomic mass is 10.0. The van der Waals surface area contributed by atoms with Gasteiger partial charge in [0.1, 0.15) is 16.9 Å². The molecule has 1 amide bonds. The largest absolute Gasteiger partial charge is 0.497 e. The minimum absolute atomic E-state index is 0.0447. The van der Waals surface area contributed by atoms with Crippen LogP contribution in [0.4, 0.5) is 5.69 Å². The Hall–Kier alpha value is -3.60. The molecule has 0 fully saturated rings. The van der Waals surface area contributed by atoms with Crippen LogP contribution < -0.4 is 15.7 Å². The van der Waals surface area contributed by atoms with Crippen molar-refractivity contribution in [2.75, 3.05) is 12.4 Å². The first-order valence-electron chi connectivity index (χ1n) is 8.07. The van der Waals surface area contributed by atoms with E-state index < -0.39 is 11.5 Å². The zero-order chi connectivity index (χ0) is 18.1. The Morgan fingerprint density at radius 3 is 2.65 bits per heavy atom. The summed E-state index contributed by atoms with van der Waals surface area (Å²) in [6.07, 6.45) is 0. The van der Waals surface area contributed by atoms with Gasteiger partial charge in [-0.25, -0.2) is 4.79 Å². The minimum atomic E-state index is -0.673. The number of rotatable bonds is 3. The molecule has 3 aromatic carbocycles. The van der Waals surface area contributed by atoms with Crippen LogP contribution in [0.15, 0.2) is 75.9 Å². The molecule has 5 nitrogen and oxygen atoms in total. The molecular formula is C21H15NO4. The lowest BCUT2D eigenvalue weighted by Gasteiger charge is -2.08. The lowest BCUT2D eigenvalue weighted by Crippen LogP contribution is -2.20. The number of nitrogens with one attached hydrogen (secondary N) is 1. The van der Waals surface area contributed by atoms with Crippen molar-refractivity contribution in [2.24, 2.45) is 0 Å². The molecule has 0 bridgehead atoms. The van der Waals surface area contributed by atoms with E-state index in [1.54, 1.807) is 43.5 Å². The summed E-state index contributed by atoms with van der Waals surface area (Å²) >= 11 is 0. The van der Waals surface area contributed by atoms with Crippen molar-refractivity contribution in [3.05, 3.63) is 82.7 Å². The van der Waals surface area contributed by atoms with E-state index in [2.05, 4.69) is 5.32 Å². The van der Waals surface area contributed by atoms with Gasteiger partial charge in [-0.1, -0.05) is 36.4 Å². The van der Waals surface area contributed by atoms with Crippen LogP contribution in [0.1, 0.15) is 10.4 Å². The number of amides is 1. The third-order valence-corrected chi connectivity index (χ3v) is 4.21. The summed E-state index contributed by atoms with van der Waals surface area (Å²) < 4.78 is 10.5. The van der Waals surface area contributed by atoms with Gasteiger partial charge in [0.15, 0.2) is 0 Å². The van der Waals surface area contributed by atoms with Crippen LogP contribution in [0.2, 0.25) is 0 Å². The fourth-order valence-corrected chi connectivity index (χ4v) is 2.93. The second-order valence-electron chi connectivity index (χ2n) is 5.83. The van der Waals surface area contributed by atoms with Crippen LogP contribution in [-0.2, 0) is 0 Å². The van der Waals surface area contributed by atoms with Crippen LogP contribution in [-0.4, -0.2) is 13.0 Å². The van der Waals surface area contributed by atoms with Gasteiger partial charge in [0.05, 0.1) is 7.11 Å². The molecule has 0 aliphatic heterocycles. The summed E-state index contributed by atoms with van der Waals surface area (Å²) in [5.41, 5.74) is 0.267. The number of anilines is 1. The molecule has 0 spiro atoms. The summed E-state index contributed by atoms with van der Waals surface area (Å²) in [5.74, 6) is 0.0844. The van der Waals surface area contributed by atoms with Gasteiger partial charge in [0.2, 0.25) is 0 Å². The molecule has 1 heterocycles. The molecule has 128 valence electrons. The van der Waals surface area contributed by atoms with Crippen LogP contribution in [0.3, 0.4) is 0 Å². The van der Waals surface area contributed by atoms with Crippen LogP contribution in [0.5, 0.6) is 5.75 Å². The number of hydrogen-bond acceptors (Lipinski definition) is 4. The molecule has 1 aromatic heterocycles. The fraction of sp³-hybridized carbons (Fsp3) is 0.0476. The molecule has 0 radical (unpaired) electrons. The van der Waals surface area contributed by atoms with Gasteiger partial charge >= 0.3 is 5.63 Å².